The first-order valence-electron chi connectivity index (χ1n) is 10.8. The van der Waals surface area contributed by atoms with Crippen LogP contribution >= 0.6 is 0 Å². The average Bonchev–Trinajstić information content (AvgIpc) is 2.81. The molecule has 3 heteroatoms. The molecular weight excluding hydrogens is 370 g/mol. The minimum Gasteiger partial charge on any atom is -0.489 e. The monoisotopic (exact) mass is 399 g/mol. The van der Waals surface area contributed by atoms with Crippen molar-refractivity contribution in [2.45, 2.75) is 32.4 Å². The van der Waals surface area contributed by atoms with Crippen LogP contribution in [0.3, 0.4) is 0 Å². The molecule has 0 radical (unpaired) electrons. The largest absolute Gasteiger partial charge is 0.489 e. The topological polar surface area (TPSA) is 29.5 Å². The zero-order valence-electron chi connectivity index (χ0n) is 17.4. The fraction of sp³-hybridized carbons (Fsp3) is 0.296. The second kappa shape index (κ2) is 10.2. The molecule has 4 rings (SSSR count). The summed E-state index contributed by atoms with van der Waals surface area (Å²) in [6.45, 7) is 3.53. The van der Waals surface area contributed by atoms with Crippen LogP contribution in [0.15, 0.2) is 78.9 Å². The number of carbonyl (C=O) groups excluding carboxylic acids is 1. The molecule has 1 saturated heterocycles. The maximum Gasteiger partial charge on any atom is 0.150 e. The van der Waals surface area contributed by atoms with Crippen LogP contribution in [0, 0.1) is 5.92 Å². The van der Waals surface area contributed by atoms with Gasteiger partial charge in [-0.25, -0.2) is 0 Å². The van der Waals surface area contributed by atoms with Crippen LogP contribution in [0.5, 0.6) is 5.75 Å². The Bertz CT molecular complexity index is 932. The standard InChI is InChI=1S/C27H29NO2/c29-20-25-11-12-27(30-21-24-9-5-2-6-10-24)26(18-25)19-28-15-13-23(14-16-28)17-22-7-3-1-4-8-22/h1-12,18,20,23H,13-17,19,21H2. The van der Waals surface area contributed by atoms with E-state index in [0.29, 0.717) is 12.2 Å². The van der Waals surface area contributed by atoms with Crippen LogP contribution in [0.2, 0.25) is 0 Å². The summed E-state index contributed by atoms with van der Waals surface area (Å²) >= 11 is 0. The minimum absolute atomic E-state index is 0.535. The van der Waals surface area contributed by atoms with Crippen molar-refractivity contribution in [1.29, 1.82) is 0 Å². The lowest BCUT2D eigenvalue weighted by Crippen LogP contribution is -2.34. The third-order valence-corrected chi connectivity index (χ3v) is 5.93. The third-order valence-electron chi connectivity index (χ3n) is 5.93. The van der Waals surface area contributed by atoms with E-state index in [4.69, 9.17) is 4.74 Å². The maximum atomic E-state index is 11.3. The van der Waals surface area contributed by atoms with E-state index in [-0.39, 0.29) is 0 Å². The van der Waals surface area contributed by atoms with Gasteiger partial charge in [0.15, 0.2) is 0 Å². The first-order valence-corrected chi connectivity index (χ1v) is 10.8. The third kappa shape index (κ3) is 5.58. The molecule has 1 heterocycles. The van der Waals surface area contributed by atoms with Crippen molar-refractivity contribution >= 4 is 6.29 Å². The normalized spacial score (nSPS) is 15.1. The van der Waals surface area contributed by atoms with Gasteiger partial charge in [0.1, 0.15) is 18.6 Å². The molecule has 0 unspecified atom stereocenters. The molecule has 0 N–H and O–H groups in total. The summed E-state index contributed by atoms with van der Waals surface area (Å²) in [5.41, 5.74) is 4.38. The quantitative estimate of drug-likeness (QED) is 0.466. The fourth-order valence-electron chi connectivity index (χ4n) is 4.21. The number of benzene rings is 3. The molecule has 1 fully saturated rings. The number of nitrogens with zero attached hydrogens (tertiary/aromatic N) is 1. The van der Waals surface area contributed by atoms with Crippen molar-refractivity contribution < 1.29 is 9.53 Å². The Balaban J connectivity index is 1.36. The van der Waals surface area contributed by atoms with Gasteiger partial charge in [-0.2, -0.15) is 0 Å². The van der Waals surface area contributed by atoms with Gasteiger partial charge in [0.25, 0.3) is 0 Å². The van der Waals surface area contributed by atoms with Gasteiger partial charge in [0.2, 0.25) is 0 Å². The number of hydrogen-bond donors (Lipinski definition) is 0. The van der Waals surface area contributed by atoms with Crippen LogP contribution in [-0.2, 0) is 19.6 Å². The van der Waals surface area contributed by atoms with E-state index < -0.39 is 0 Å². The molecular formula is C27H29NO2. The van der Waals surface area contributed by atoms with Gasteiger partial charge in [-0.05, 0) is 67.6 Å². The van der Waals surface area contributed by atoms with Gasteiger partial charge in [-0.1, -0.05) is 60.7 Å². The van der Waals surface area contributed by atoms with Crippen molar-refractivity contribution in [3.8, 4) is 5.75 Å². The van der Waals surface area contributed by atoms with Crippen molar-refractivity contribution in [3.63, 3.8) is 0 Å². The van der Waals surface area contributed by atoms with Gasteiger partial charge in [0, 0.05) is 17.7 Å². The van der Waals surface area contributed by atoms with Crippen LogP contribution in [0.1, 0.15) is 39.9 Å². The fourth-order valence-corrected chi connectivity index (χ4v) is 4.21. The predicted molar refractivity (Wildman–Crippen MR) is 121 cm³/mol. The van der Waals surface area contributed by atoms with E-state index in [0.717, 1.165) is 48.7 Å². The summed E-state index contributed by atoms with van der Waals surface area (Å²) < 4.78 is 6.12. The van der Waals surface area contributed by atoms with Gasteiger partial charge in [0.05, 0.1) is 0 Å². The van der Waals surface area contributed by atoms with E-state index in [1.807, 2.05) is 36.4 Å². The van der Waals surface area contributed by atoms with E-state index in [1.165, 1.54) is 24.8 Å². The second-order valence-corrected chi connectivity index (χ2v) is 8.17. The lowest BCUT2D eigenvalue weighted by Gasteiger charge is -2.32. The summed E-state index contributed by atoms with van der Waals surface area (Å²) in [7, 11) is 0. The summed E-state index contributed by atoms with van der Waals surface area (Å²) in [5.74, 6) is 1.62. The molecule has 0 aliphatic carbocycles. The molecule has 0 aromatic heterocycles. The summed E-state index contributed by atoms with van der Waals surface area (Å²) in [5, 5.41) is 0. The number of piperidine rings is 1. The van der Waals surface area contributed by atoms with Gasteiger partial charge >= 0.3 is 0 Å². The molecule has 30 heavy (non-hydrogen) atoms. The number of carbonyl (C=O) groups is 1. The van der Waals surface area contributed by atoms with Gasteiger partial charge in [-0.3, -0.25) is 9.69 Å². The number of aldehydes is 1. The molecule has 3 aromatic rings. The Kier molecular flexibility index (Phi) is 6.94. The van der Waals surface area contributed by atoms with Crippen molar-refractivity contribution in [3.05, 3.63) is 101 Å². The highest BCUT2D eigenvalue weighted by Gasteiger charge is 2.20. The SMILES string of the molecule is O=Cc1ccc(OCc2ccccc2)c(CN2CCC(Cc3ccccc3)CC2)c1. The number of likely N-dealkylation sites (tertiary alicyclic amines) is 1. The highest BCUT2D eigenvalue weighted by atomic mass is 16.5. The van der Waals surface area contributed by atoms with Crippen molar-refractivity contribution in [2.24, 2.45) is 5.92 Å². The predicted octanol–water partition coefficient (Wildman–Crippen LogP) is 5.53. The minimum atomic E-state index is 0.535. The van der Waals surface area contributed by atoms with Crippen LogP contribution in [-0.4, -0.2) is 24.3 Å². The van der Waals surface area contributed by atoms with E-state index in [2.05, 4.69) is 47.4 Å². The molecule has 0 atom stereocenters. The van der Waals surface area contributed by atoms with E-state index >= 15 is 0 Å². The molecule has 0 spiro atoms. The Morgan fingerprint density at radius 1 is 0.867 bits per heavy atom. The Hall–Kier alpha value is -2.91. The summed E-state index contributed by atoms with van der Waals surface area (Å²) in [6.07, 6.45) is 4.50. The number of ether oxygens (including phenoxy) is 1. The van der Waals surface area contributed by atoms with Crippen LogP contribution in [0.4, 0.5) is 0 Å². The highest BCUT2D eigenvalue weighted by molar-refractivity contribution is 5.75. The Morgan fingerprint density at radius 2 is 1.53 bits per heavy atom. The molecule has 154 valence electrons. The van der Waals surface area contributed by atoms with Gasteiger partial charge in [-0.15, -0.1) is 0 Å². The molecule has 1 aliphatic rings. The number of hydrogen-bond acceptors (Lipinski definition) is 3. The number of rotatable bonds is 8. The summed E-state index contributed by atoms with van der Waals surface area (Å²) in [4.78, 5) is 13.8. The Labute approximate surface area is 179 Å². The van der Waals surface area contributed by atoms with E-state index in [1.54, 1.807) is 0 Å². The van der Waals surface area contributed by atoms with Crippen molar-refractivity contribution in [2.75, 3.05) is 13.1 Å². The van der Waals surface area contributed by atoms with Gasteiger partial charge < -0.3 is 4.74 Å². The smallest absolute Gasteiger partial charge is 0.150 e. The highest BCUT2D eigenvalue weighted by Crippen LogP contribution is 2.27. The summed E-state index contributed by atoms with van der Waals surface area (Å²) in [6, 6.07) is 26.7. The molecule has 0 saturated carbocycles. The zero-order chi connectivity index (χ0) is 20.6. The Morgan fingerprint density at radius 3 is 2.20 bits per heavy atom. The first kappa shape index (κ1) is 20.4. The van der Waals surface area contributed by atoms with E-state index in [9.17, 15) is 4.79 Å². The lowest BCUT2D eigenvalue weighted by molar-refractivity contribution is 0.112. The molecule has 3 nitrogen and oxygen atoms in total. The van der Waals surface area contributed by atoms with Crippen LogP contribution < -0.4 is 4.74 Å². The lowest BCUT2D eigenvalue weighted by atomic mass is 9.90. The molecule has 0 bridgehead atoms. The van der Waals surface area contributed by atoms with Crippen LogP contribution in [0.25, 0.3) is 0 Å². The molecule has 3 aromatic carbocycles. The molecule has 1 aliphatic heterocycles. The average molecular weight is 400 g/mol. The zero-order valence-corrected chi connectivity index (χ0v) is 17.4. The maximum absolute atomic E-state index is 11.3. The second-order valence-electron chi connectivity index (χ2n) is 8.17. The first-order chi connectivity index (χ1) is 14.8. The molecule has 0 amide bonds. The van der Waals surface area contributed by atoms with Crippen molar-refractivity contribution in [1.82, 2.24) is 4.90 Å².